The Hall–Kier alpha value is -1.56. The van der Waals surface area contributed by atoms with E-state index >= 15 is 0 Å². The van der Waals surface area contributed by atoms with Crippen LogP contribution in [0.15, 0.2) is 29.2 Å². The molecule has 0 saturated carbocycles. The lowest BCUT2D eigenvalue weighted by Gasteiger charge is -2.17. The van der Waals surface area contributed by atoms with Gasteiger partial charge in [-0.15, -0.1) is 0 Å². The van der Waals surface area contributed by atoms with Crippen molar-refractivity contribution in [2.75, 3.05) is 13.1 Å². The van der Waals surface area contributed by atoms with Gasteiger partial charge in [0.25, 0.3) is 10.9 Å². The second-order valence-electron chi connectivity index (χ2n) is 3.27. The highest BCUT2D eigenvalue weighted by molar-refractivity contribution is 8.13. The van der Waals surface area contributed by atoms with Crippen LogP contribution in [0.2, 0.25) is 0 Å². The summed E-state index contributed by atoms with van der Waals surface area (Å²) < 4.78 is 0. The summed E-state index contributed by atoms with van der Waals surface area (Å²) in [5.41, 5.74) is -0.0296. The fourth-order valence-corrected chi connectivity index (χ4v) is 2.30. The van der Waals surface area contributed by atoms with Crippen LogP contribution in [0, 0.1) is 10.1 Å². The lowest BCUT2D eigenvalue weighted by atomic mass is 10.3. The van der Waals surface area contributed by atoms with Crippen LogP contribution < -0.4 is 0 Å². The molecule has 0 N–H and O–H groups in total. The maximum Gasteiger partial charge on any atom is 0.286 e. The number of nitro benzene ring substituents is 1. The summed E-state index contributed by atoms with van der Waals surface area (Å²) in [5.74, 6) is 0. The molecule has 0 aliphatic heterocycles. The van der Waals surface area contributed by atoms with Crippen molar-refractivity contribution in [3.63, 3.8) is 0 Å². The molecular weight excluding hydrogens is 240 g/mol. The van der Waals surface area contributed by atoms with Crippen molar-refractivity contribution in [3.05, 3.63) is 34.4 Å². The van der Waals surface area contributed by atoms with Crippen molar-refractivity contribution >= 4 is 22.7 Å². The van der Waals surface area contributed by atoms with Gasteiger partial charge in [-0.2, -0.15) is 0 Å². The van der Waals surface area contributed by atoms with E-state index in [4.69, 9.17) is 0 Å². The van der Waals surface area contributed by atoms with Crippen LogP contribution in [0.1, 0.15) is 13.8 Å². The average molecular weight is 254 g/mol. The first-order chi connectivity index (χ1) is 8.10. The van der Waals surface area contributed by atoms with E-state index in [1.807, 2.05) is 13.8 Å². The Morgan fingerprint density at radius 2 is 1.94 bits per heavy atom. The minimum atomic E-state index is -0.474. The van der Waals surface area contributed by atoms with Crippen molar-refractivity contribution in [1.82, 2.24) is 4.90 Å². The lowest BCUT2D eigenvalue weighted by Crippen LogP contribution is -2.26. The van der Waals surface area contributed by atoms with E-state index in [0.29, 0.717) is 18.0 Å². The smallest absolute Gasteiger partial charge is 0.286 e. The summed E-state index contributed by atoms with van der Waals surface area (Å²) >= 11 is 0.901. The highest BCUT2D eigenvalue weighted by Gasteiger charge is 2.18. The minimum absolute atomic E-state index is 0.0296. The maximum atomic E-state index is 11.8. The van der Waals surface area contributed by atoms with Crippen LogP contribution in [0.5, 0.6) is 0 Å². The van der Waals surface area contributed by atoms with Crippen LogP contribution in [0.4, 0.5) is 10.5 Å². The number of carbonyl (C=O) groups excluding carboxylic acids is 1. The number of nitro groups is 1. The van der Waals surface area contributed by atoms with Crippen LogP contribution in [-0.2, 0) is 0 Å². The predicted molar refractivity (Wildman–Crippen MR) is 67.3 cm³/mol. The summed E-state index contributed by atoms with van der Waals surface area (Å²) in [7, 11) is 0. The molecular formula is C11H14N2O3S. The SMILES string of the molecule is CCN(CC)C(=O)Sc1ccccc1[N+](=O)[O-]. The first kappa shape index (κ1) is 13.5. The standard InChI is InChI=1S/C11H14N2O3S/c1-3-12(4-2)11(14)17-10-8-6-5-7-9(10)13(15)16/h5-8H,3-4H2,1-2H3. The second kappa shape index (κ2) is 6.24. The van der Waals surface area contributed by atoms with Crippen molar-refractivity contribution in [3.8, 4) is 0 Å². The number of hydrogen-bond acceptors (Lipinski definition) is 4. The molecule has 6 heteroatoms. The number of thioether (sulfide) groups is 1. The highest BCUT2D eigenvalue weighted by atomic mass is 32.2. The molecule has 1 amide bonds. The molecule has 0 aromatic heterocycles. The Morgan fingerprint density at radius 3 is 2.47 bits per heavy atom. The Morgan fingerprint density at radius 1 is 1.35 bits per heavy atom. The normalized spacial score (nSPS) is 10.0. The summed E-state index contributed by atoms with van der Waals surface area (Å²) in [6.07, 6.45) is 0. The summed E-state index contributed by atoms with van der Waals surface area (Å²) in [4.78, 5) is 24.1. The summed E-state index contributed by atoms with van der Waals surface area (Å²) in [6.45, 7) is 4.95. The number of nitrogens with zero attached hydrogens (tertiary/aromatic N) is 2. The zero-order valence-corrected chi connectivity index (χ0v) is 10.6. The van der Waals surface area contributed by atoms with Crippen LogP contribution >= 0.6 is 11.8 Å². The van der Waals surface area contributed by atoms with Gasteiger partial charge in [0.2, 0.25) is 0 Å². The van der Waals surface area contributed by atoms with Gasteiger partial charge >= 0.3 is 0 Å². The van der Waals surface area contributed by atoms with Gasteiger partial charge in [-0.3, -0.25) is 14.9 Å². The van der Waals surface area contributed by atoms with Gasteiger partial charge in [-0.25, -0.2) is 0 Å². The number of benzene rings is 1. The molecule has 0 fully saturated rings. The van der Waals surface area contributed by atoms with Crippen LogP contribution in [0.3, 0.4) is 0 Å². The predicted octanol–water partition coefficient (Wildman–Crippen LogP) is 3.15. The highest BCUT2D eigenvalue weighted by Crippen LogP contribution is 2.30. The number of rotatable bonds is 4. The summed E-state index contributed by atoms with van der Waals surface area (Å²) in [5, 5.41) is 10.6. The van der Waals surface area contributed by atoms with Gasteiger partial charge in [0.1, 0.15) is 0 Å². The van der Waals surface area contributed by atoms with E-state index in [2.05, 4.69) is 0 Å². The van der Waals surface area contributed by atoms with Gasteiger partial charge in [-0.1, -0.05) is 12.1 Å². The third-order valence-electron chi connectivity index (χ3n) is 2.28. The van der Waals surface area contributed by atoms with E-state index in [1.54, 1.807) is 23.1 Å². The quantitative estimate of drug-likeness (QED) is 0.470. The molecule has 0 bridgehead atoms. The number of hydrogen-bond donors (Lipinski definition) is 0. The molecule has 0 radical (unpaired) electrons. The molecule has 92 valence electrons. The molecule has 0 heterocycles. The fraction of sp³-hybridized carbons (Fsp3) is 0.364. The summed E-state index contributed by atoms with van der Waals surface area (Å²) in [6, 6.07) is 6.26. The third-order valence-corrected chi connectivity index (χ3v) is 3.28. The first-order valence-electron chi connectivity index (χ1n) is 5.30. The van der Waals surface area contributed by atoms with Crippen LogP contribution in [0.25, 0.3) is 0 Å². The van der Waals surface area contributed by atoms with Crippen LogP contribution in [-0.4, -0.2) is 28.2 Å². The largest absolute Gasteiger partial charge is 0.334 e. The topological polar surface area (TPSA) is 63.5 Å². The Kier molecular flexibility index (Phi) is 4.96. The van der Waals surface area contributed by atoms with Gasteiger partial charge in [0.15, 0.2) is 0 Å². The van der Waals surface area contributed by atoms with E-state index < -0.39 is 4.92 Å². The van der Waals surface area contributed by atoms with Crippen molar-refractivity contribution < 1.29 is 9.72 Å². The molecule has 1 aromatic rings. The zero-order valence-electron chi connectivity index (χ0n) is 9.75. The number of carbonyl (C=O) groups is 1. The van der Waals surface area contributed by atoms with Gasteiger partial charge in [0, 0.05) is 19.2 Å². The minimum Gasteiger partial charge on any atom is -0.334 e. The molecule has 17 heavy (non-hydrogen) atoms. The molecule has 0 aliphatic carbocycles. The lowest BCUT2D eigenvalue weighted by molar-refractivity contribution is -0.387. The fourth-order valence-electron chi connectivity index (χ4n) is 1.33. The molecule has 5 nitrogen and oxygen atoms in total. The van der Waals surface area contributed by atoms with Gasteiger partial charge in [-0.05, 0) is 31.7 Å². The molecule has 0 aliphatic rings. The average Bonchev–Trinajstić information content (AvgIpc) is 2.31. The van der Waals surface area contributed by atoms with E-state index in [1.165, 1.54) is 6.07 Å². The molecule has 0 spiro atoms. The van der Waals surface area contributed by atoms with Crippen molar-refractivity contribution in [2.45, 2.75) is 18.7 Å². The monoisotopic (exact) mass is 254 g/mol. The molecule has 0 atom stereocenters. The van der Waals surface area contributed by atoms with Crippen molar-refractivity contribution in [2.24, 2.45) is 0 Å². The number of para-hydroxylation sites is 1. The molecule has 1 aromatic carbocycles. The Balaban J connectivity index is 2.88. The number of amides is 1. The van der Waals surface area contributed by atoms with Gasteiger partial charge in [0.05, 0.1) is 9.82 Å². The Bertz CT molecular complexity index is 419. The first-order valence-corrected chi connectivity index (χ1v) is 6.12. The zero-order chi connectivity index (χ0) is 12.8. The maximum absolute atomic E-state index is 11.8. The van der Waals surface area contributed by atoms with Gasteiger partial charge < -0.3 is 4.90 Å². The second-order valence-corrected chi connectivity index (χ2v) is 4.26. The van der Waals surface area contributed by atoms with E-state index in [-0.39, 0.29) is 10.9 Å². The van der Waals surface area contributed by atoms with E-state index in [0.717, 1.165) is 11.8 Å². The van der Waals surface area contributed by atoms with E-state index in [9.17, 15) is 14.9 Å². The molecule has 0 unspecified atom stereocenters. The Labute approximate surface area is 104 Å². The molecule has 0 saturated heterocycles. The van der Waals surface area contributed by atoms with Crippen molar-refractivity contribution in [1.29, 1.82) is 0 Å². The molecule has 1 rings (SSSR count). The third kappa shape index (κ3) is 3.45.